The van der Waals surface area contributed by atoms with E-state index in [2.05, 4.69) is 12.2 Å². The predicted molar refractivity (Wildman–Crippen MR) is 85.0 cm³/mol. The minimum absolute atomic E-state index is 0.0307. The Morgan fingerprint density at radius 1 is 1.33 bits per heavy atom. The summed E-state index contributed by atoms with van der Waals surface area (Å²) in [6.07, 6.45) is 6.44. The highest BCUT2D eigenvalue weighted by molar-refractivity contribution is 5.93. The number of carbonyl (C=O) groups is 2. The van der Waals surface area contributed by atoms with E-state index in [1.165, 1.54) is 6.08 Å². The van der Waals surface area contributed by atoms with E-state index in [-0.39, 0.29) is 11.8 Å². The third-order valence-electron chi connectivity index (χ3n) is 3.34. The van der Waals surface area contributed by atoms with Crippen LogP contribution in [0.5, 0.6) is 0 Å². The number of amides is 1. The molecule has 0 aliphatic heterocycles. The van der Waals surface area contributed by atoms with Gasteiger partial charge in [-0.2, -0.15) is 0 Å². The molecule has 1 unspecified atom stereocenters. The van der Waals surface area contributed by atoms with E-state index in [1.54, 1.807) is 18.2 Å². The molecule has 0 aliphatic carbocycles. The zero-order valence-electron chi connectivity index (χ0n) is 12.6. The Morgan fingerprint density at radius 2 is 2.10 bits per heavy atom. The molecule has 21 heavy (non-hydrogen) atoms. The molecule has 0 fully saturated rings. The van der Waals surface area contributed by atoms with Crippen molar-refractivity contribution >= 4 is 23.6 Å². The van der Waals surface area contributed by atoms with Crippen LogP contribution in [0.1, 0.15) is 45.1 Å². The molecular weight excluding hydrogens is 266 g/mol. The summed E-state index contributed by atoms with van der Waals surface area (Å²) in [6.45, 7) is 4.13. The first-order valence-corrected chi connectivity index (χ1v) is 7.38. The highest BCUT2D eigenvalue weighted by atomic mass is 16.4. The normalized spacial score (nSPS) is 12.3. The van der Waals surface area contributed by atoms with Crippen molar-refractivity contribution in [3.05, 3.63) is 35.9 Å². The molecule has 0 saturated heterocycles. The van der Waals surface area contributed by atoms with Crippen molar-refractivity contribution in [2.75, 3.05) is 5.32 Å². The maximum absolute atomic E-state index is 12.2. The minimum atomic E-state index is -0.991. The van der Waals surface area contributed by atoms with Crippen LogP contribution in [0.2, 0.25) is 0 Å². The van der Waals surface area contributed by atoms with E-state index in [0.29, 0.717) is 5.69 Å². The number of carboxylic acids is 1. The number of rotatable bonds is 8. The van der Waals surface area contributed by atoms with E-state index in [9.17, 15) is 9.59 Å². The lowest BCUT2D eigenvalue weighted by Crippen LogP contribution is -2.22. The SMILES string of the molecule is CCCCC(CC)C(=O)Nc1cccc(C=CC(=O)O)c1. The molecule has 1 aromatic rings. The predicted octanol–water partition coefficient (Wildman–Crippen LogP) is 3.94. The zero-order chi connectivity index (χ0) is 15.7. The van der Waals surface area contributed by atoms with Crippen LogP contribution in [0.4, 0.5) is 5.69 Å². The van der Waals surface area contributed by atoms with Gasteiger partial charge in [0.2, 0.25) is 5.91 Å². The van der Waals surface area contributed by atoms with Crippen molar-refractivity contribution < 1.29 is 14.7 Å². The summed E-state index contributed by atoms with van der Waals surface area (Å²) in [5.74, 6) is -0.927. The molecule has 4 heteroatoms. The van der Waals surface area contributed by atoms with E-state index in [0.717, 1.165) is 37.3 Å². The number of nitrogens with one attached hydrogen (secondary N) is 1. The van der Waals surface area contributed by atoms with Crippen LogP contribution >= 0.6 is 0 Å². The lowest BCUT2D eigenvalue weighted by atomic mass is 9.98. The Labute approximate surface area is 125 Å². The summed E-state index contributed by atoms with van der Waals surface area (Å²) in [7, 11) is 0. The van der Waals surface area contributed by atoms with Crippen LogP contribution in [0.15, 0.2) is 30.3 Å². The van der Waals surface area contributed by atoms with Crippen molar-refractivity contribution in [3.8, 4) is 0 Å². The van der Waals surface area contributed by atoms with Crippen LogP contribution in [0.25, 0.3) is 6.08 Å². The quantitative estimate of drug-likeness (QED) is 0.712. The van der Waals surface area contributed by atoms with Gasteiger partial charge in [-0.15, -0.1) is 0 Å². The molecule has 0 saturated carbocycles. The van der Waals surface area contributed by atoms with Gasteiger partial charge in [0.15, 0.2) is 0 Å². The van der Waals surface area contributed by atoms with Crippen molar-refractivity contribution in [2.45, 2.75) is 39.5 Å². The average molecular weight is 289 g/mol. The van der Waals surface area contributed by atoms with Gasteiger partial charge < -0.3 is 10.4 Å². The second-order valence-electron chi connectivity index (χ2n) is 5.03. The summed E-state index contributed by atoms with van der Waals surface area (Å²) in [6, 6.07) is 7.17. The largest absolute Gasteiger partial charge is 0.478 e. The van der Waals surface area contributed by atoms with Gasteiger partial charge in [0.1, 0.15) is 0 Å². The molecule has 1 amide bonds. The molecule has 0 spiro atoms. The van der Waals surface area contributed by atoms with Crippen LogP contribution < -0.4 is 5.32 Å². The number of anilines is 1. The summed E-state index contributed by atoms with van der Waals surface area (Å²) >= 11 is 0. The van der Waals surface area contributed by atoms with Gasteiger partial charge in [-0.1, -0.05) is 38.8 Å². The monoisotopic (exact) mass is 289 g/mol. The lowest BCUT2D eigenvalue weighted by Gasteiger charge is -2.14. The fourth-order valence-electron chi connectivity index (χ4n) is 2.10. The van der Waals surface area contributed by atoms with Crippen molar-refractivity contribution in [3.63, 3.8) is 0 Å². The van der Waals surface area contributed by atoms with E-state index in [4.69, 9.17) is 5.11 Å². The third kappa shape index (κ3) is 6.25. The lowest BCUT2D eigenvalue weighted by molar-refractivity contribution is -0.131. The number of carboxylic acid groups (broad SMARTS) is 1. The maximum atomic E-state index is 12.2. The topological polar surface area (TPSA) is 66.4 Å². The first kappa shape index (κ1) is 17.0. The standard InChI is InChI=1S/C17H23NO3/c1-3-5-8-14(4-2)17(21)18-15-9-6-7-13(12-15)10-11-16(19)20/h6-7,9-12,14H,3-5,8H2,1-2H3,(H,18,21)(H,19,20). The number of benzene rings is 1. The number of carbonyl (C=O) groups excluding carboxylic acids is 1. The van der Waals surface area contributed by atoms with Gasteiger partial charge >= 0.3 is 5.97 Å². The van der Waals surface area contributed by atoms with Gasteiger partial charge in [-0.05, 0) is 36.6 Å². The molecule has 114 valence electrons. The van der Waals surface area contributed by atoms with Crippen LogP contribution in [-0.2, 0) is 9.59 Å². The van der Waals surface area contributed by atoms with E-state index < -0.39 is 5.97 Å². The number of hydrogen-bond acceptors (Lipinski definition) is 2. The van der Waals surface area contributed by atoms with Crippen molar-refractivity contribution in [2.24, 2.45) is 5.92 Å². The first-order chi connectivity index (χ1) is 10.1. The smallest absolute Gasteiger partial charge is 0.328 e. The average Bonchev–Trinajstić information content (AvgIpc) is 2.46. The molecule has 4 nitrogen and oxygen atoms in total. The number of aliphatic carboxylic acids is 1. The van der Waals surface area contributed by atoms with Crippen molar-refractivity contribution in [1.29, 1.82) is 0 Å². The molecule has 1 aromatic carbocycles. The van der Waals surface area contributed by atoms with Crippen LogP contribution in [0.3, 0.4) is 0 Å². The Hall–Kier alpha value is -2.10. The fourth-order valence-corrected chi connectivity index (χ4v) is 2.10. The maximum Gasteiger partial charge on any atom is 0.328 e. The van der Waals surface area contributed by atoms with Gasteiger partial charge in [0.25, 0.3) is 0 Å². The number of hydrogen-bond donors (Lipinski definition) is 2. The Balaban J connectivity index is 2.71. The third-order valence-corrected chi connectivity index (χ3v) is 3.34. The van der Waals surface area contributed by atoms with Gasteiger partial charge in [-0.25, -0.2) is 4.79 Å². The molecule has 2 N–H and O–H groups in total. The highest BCUT2D eigenvalue weighted by Crippen LogP contribution is 2.17. The van der Waals surface area contributed by atoms with Crippen molar-refractivity contribution in [1.82, 2.24) is 0 Å². The highest BCUT2D eigenvalue weighted by Gasteiger charge is 2.15. The van der Waals surface area contributed by atoms with Gasteiger partial charge in [-0.3, -0.25) is 4.79 Å². The molecule has 0 aliphatic rings. The molecule has 0 heterocycles. The second-order valence-corrected chi connectivity index (χ2v) is 5.03. The van der Waals surface area contributed by atoms with Gasteiger partial charge in [0, 0.05) is 17.7 Å². The summed E-state index contributed by atoms with van der Waals surface area (Å²) in [5, 5.41) is 11.5. The minimum Gasteiger partial charge on any atom is -0.478 e. The van der Waals surface area contributed by atoms with E-state index in [1.807, 2.05) is 13.0 Å². The summed E-state index contributed by atoms with van der Waals surface area (Å²) in [4.78, 5) is 22.7. The van der Waals surface area contributed by atoms with E-state index >= 15 is 0 Å². The van der Waals surface area contributed by atoms with Crippen LogP contribution in [0, 0.1) is 5.92 Å². The van der Waals surface area contributed by atoms with Gasteiger partial charge in [0.05, 0.1) is 0 Å². The molecule has 1 atom stereocenters. The number of unbranched alkanes of at least 4 members (excludes halogenated alkanes) is 1. The first-order valence-electron chi connectivity index (χ1n) is 7.38. The molecular formula is C17H23NO3. The fraction of sp³-hybridized carbons (Fsp3) is 0.412. The summed E-state index contributed by atoms with van der Waals surface area (Å²) < 4.78 is 0. The zero-order valence-corrected chi connectivity index (χ0v) is 12.6. The molecule has 0 radical (unpaired) electrons. The Morgan fingerprint density at radius 3 is 2.71 bits per heavy atom. The summed E-state index contributed by atoms with van der Waals surface area (Å²) in [5.41, 5.74) is 1.44. The molecule has 1 rings (SSSR count). The Kier molecular flexibility index (Phi) is 7.23. The van der Waals surface area contributed by atoms with Crippen LogP contribution in [-0.4, -0.2) is 17.0 Å². The molecule has 0 bridgehead atoms. The second kappa shape index (κ2) is 8.95. The Bertz CT molecular complexity index is 509. The molecule has 0 aromatic heterocycles.